The molecule has 5 rings (SSSR count). The number of aromatic carboxylic acids is 1. The number of hydrogen-bond donors (Lipinski definition) is 1. The van der Waals surface area contributed by atoms with Crippen molar-refractivity contribution in [1.82, 2.24) is 14.3 Å². The topological polar surface area (TPSA) is 77.1 Å². The van der Waals surface area contributed by atoms with E-state index in [0.29, 0.717) is 16.7 Å². The first-order chi connectivity index (χ1) is 16.7. The van der Waals surface area contributed by atoms with E-state index in [-0.39, 0.29) is 29.5 Å². The Bertz CT molecular complexity index is 1560. The van der Waals surface area contributed by atoms with Crippen LogP contribution in [0.1, 0.15) is 30.2 Å². The van der Waals surface area contributed by atoms with Gasteiger partial charge in [0.05, 0.1) is 18.3 Å². The van der Waals surface area contributed by atoms with Crippen molar-refractivity contribution in [2.45, 2.75) is 26.4 Å². The van der Waals surface area contributed by atoms with E-state index in [1.54, 1.807) is 12.1 Å². The van der Waals surface area contributed by atoms with Gasteiger partial charge < -0.3 is 9.67 Å². The van der Waals surface area contributed by atoms with Gasteiger partial charge in [-0.05, 0) is 35.7 Å². The number of carboxylic acids is 1. The Kier molecular flexibility index (Phi) is 5.35. The number of aromatic nitrogens is 3. The summed E-state index contributed by atoms with van der Waals surface area (Å²) in [4.78, 5) is 24.3. The van der Waals surface area contributed by atoms with Crippen LogP contribution < -0.4 is 5.43 Å². The Morgan fingerprint density at radius 3 is 2.26 bits per heavy atom. The minimum absolute atomic E-state index is 0.0788. The van der Waals surface area contributed by atoms with Crippen LogP contribution in [0.2, 0.25) is 0 Å². The minimum Gasteiger partial charge on any atom is -0.477 e. The molecule has 0 amide bonds. The van der Waals surface area contributed by atoms with Gasteiger partial charge in [-0.1, -0.05) is 38.1 Å². The number of nitrogens with zero attached hydrogens (tertiary/aromatic N) is 3. The van der Waals surface area contributed by atoms with Crippen molar-refractivity contribution in [2.75, 3.05) is 0 Å². The van der Waals surface area contributed by atoms with Crippen molar-refractivity contribution in [3.05, 3.63) is 88.0 Å². The minimum atomic E-state index is -1.53. The number of benzene rings is 2. The van der Waals surface area contributed by atoms with Crippen LogP contribution in [0.5, 0.6) is 0 Å². The molecule has 178 valence electrons. The number of hydrogen-bond acceptors (Lipinski definition) is 3. The third-order valence-electron chi connectivity index (χ3n) is 6.28. The molecular weight excluding hydrogens is 459 g/mol. The van der Waals surface area contributed by atoms with Crippen LogP contribution in [-0.2, 0) is 6.54 Å². The van der Waals surface area contributed by atoms with Crippen LogP contribution in [0.25, 0.3) is 33.8 Å². The lowest BCUT2D eigenvalue weighted by Crippen LogP contribution is -2.33. The number of fused-ring (bicyclic) bond motifs is 3. The Hall–Kier alpha value is -4.14. The van der Waals surface area contributed by atoms with Gasteiger partial charge in [0.25, 0.3) is 0 Å². The standard InChI is InChI=1S/C26H20F3N3O3/c1-13(2)19-12-32-23(24-21(29)25(33)18(26(34)35)11-31(19)24)20(14-5-3-7-16(27)9-14)22(30-32)15-6-4-8-17(28)10-15/h3-11,13,19H,12H2,1-2H3,(H,34,35)/t19-/m0/s1. The van der Waals surface area contributed by atoms with E-state index in [4.69, 9.17) is 0 Å². The van der Waals surface area contributed by atoms with Crippen molar-refractivity contribution >= 4 is 5.97 Å². The zero-order valence-electron chi connectivity index (χ0n) is 18.8. The van der Waals surface area contributed by atoms with Crippen LogP contribution >= 0.6 is 0 Å². The van der Waals surface area contributed by atoms with Gasteiger partial charge in [0.15, 0.2) is 5.82 Å². The molecular formula is C26H20F3N3O3. The summed E-state index contributed by atoms with van der Waals surface area (Å²) < 4.78 is 47.1. The highest BCUT2D eigenvalue weighted by Crippen LogP contribution is 2.45. The van der Waals surface area contributed by atoms with Crippen LogP contribution in [0.15, 0.2) is 59.5 Å². The summed E-state index contributed by atoms with van der Waals surface area (Å²) in [5, 5.41) is 14.1. The van der Waals surface area contributed by atoms with Gasteiger partial charge in [0.2, 0.25) is 5.43 Å². The molecule has 9 heteroatoms. The summed E-state index contributed by atoms with van der Waals surface area (Å²) in [5.41, 5.74) is -0.529. The summed E-state index contributed by atoms with van der Waals surface area (Å²) in [7, 11) is 0. The SMILES string of the molecule is CC(C)[C@@H]1Cn2nc(-c3cccc(F)c3)c(-c3cccc(F)c3)c2-c2c(F)c(=O)c(C(=O)O)cn21. The van der Waals surface area contributed by atoms with Crippen LogP contribution in [0.3, 0.4) is 0 Å². The van der Waals surface area contributed by atoms with Gasteiger partial charge in [0, 0.05) is 17.3 Å². The highest BCUT2D eigenvalue weighted by Gasteiger charge is 2.36. The predicted molar refractivity (Wildman–Crippen MR) is 124 cm³/mol. The molecule has 0 radical (unpaired) electrons. The maximum atomic E-state index is 15.7. The average Bonchev–Trinajstić information content (AvgIpc) is 3.19. The van der Waals surface area contributed by atoms with Crippen LogP contribution in [0, 0.1) is 23.4 Å². The molecule has 2 aromatic carbocycles. The molecule has 0 saturated heterocycles. The number of halogens is 3. The molecule has 6 nitrogen and oxygen atoms in total. The van der Waals surface area contributed by atoms with E-state index in [1.807, 2.05) is 13.8 Å². The smallest absolute Gasteiger partial charge is 0.341 e. The molecule has 4 aromatic rings. The number of pyridine rings is 1. The fourth-order valence-corrected chi connectivity index (χ4v) is 4.63. The van der Waals surface area contributed by atoms with Crippen molar-refractivity contribution < 1.29 is 23.1 Å². The highest BCUT2D eigenvalue weighted by molar-refractivity contribution is 5.92. The van der Waals surface area contributed by atoms with Crippen LogP contribution in [-0.4, -0.2) is 25.4 Å². The second-order valence-corrected chi connectivity index (χ2v) is 8.83. The van der Waals surface area contributed by atoms with E-state index < -0.39 is 40.5 Å². The first kappa shape index (κ1) is 22.6. The fraction of sp³-hybridized carbons (Fsp3) is 0.192. The molecule has 1 atom stereocenters. The molecule has 35 heavy (non-hydrogen) atoms. The Morgan fingerprint density at radius 1 is 1.03 bits per heavy atom. The maximum Gasteiger partial charge on any atom is 0.341 e. The number of rotatable bonds is 4. The van der Waals surface area contributed by atoms with Crippen molar-refractivity contribution in [3.63, 3.8) is 0 Å². The normalized spacial score (nSPS) is 14.6. The van der Waals surface area contributed by atoms with E-state index in [0.717, 1.165) is 6.20 Å². The van der Waals surface area contributed by atoms with Gasteiger partial charge in [0.1, 0.15) is 28.6 Å². The molecule has 3 heterocycles. The largest absolute Gasteiger partial charge is 0.477 e. The lowest BCUT2D eigenvalue weighted by atomic mass is 9.94. The number of carboxylic acid groups (broad SMARTS) is 1. The molecule has 1 N–H and O–H groups in total. The van der Waals surface area contributed by atoms with Gasteiger partial charge in [-0.15, -0.1) is 0 Å². The summed E-state index contributed by atoms with van der Waals surface area (Å²) in [6, 6.07) is 10.9. The third-order valence-corrected chi connectivity index (χ3v) is 6.28. The molecule has 0 aliphatic carbocycles. The summed E-state index contributed by atoms with van der Waals surface area (Å²) >= 11 is 0. The summed E-state index contributed by atoms with van der Waals surface area (Å²) in [5.74, 6) is -3.89. The first-order valence-corrected chi connectivity index (χ1v) is 11.0. The molecule has 0 saturated carbocycles. The van der Waals surface area contributed by atoms with Gasteiger partial charge in [-0.25, -0.2) is 18.0 Å². The first-order valence-electron chi connectivity index (χ1n) is 11.0. The molecule has 1 aliphatic rings. The molecule has 0 unspecified atom stereocenters. The fourth-order valence-electron chi connectivity index (χ4n) is 4.63. The van der Waals surface area contributed by atoms with E-state index in [9.17, 15) is 23.5 Å². The maximum absolute atomic E-state index is 15.7. The monoisotopic (exact) mass is 479 g/mol. The summed E-state index contributed by atoms with van der Waals surface area (Å²) in [6.45, 7) is 4.01. The van der Waals surface area contributed by atoms with E-state index in [2.05, 4.69) is 5.10 Å². The van der Waals surface area contributed by atoms with Crippen molar-refractivity contribution in [3.8, 4) is 33.8 Å². The lowest BCUT2D eigenvalue weighted by Gasteiger charge is -2.33. The molecule has 0 bridgehead atoms. The summed E-state index contributed by atoms with van der Waals surface area (Å²) in [6.07, 6.45) is 1.15. The van der Waals surface area contributed by atoms with Gasteiger partial charge in [-0.3, -0.25) is 9.48 Å². The highest BCUT2D eigenvalue weighted by atomic mass is 19.1. The second kappa shape index (κ2) is 8.26. The van der Waals surface area contributed by atoms with Gasteiger partial charge >= 0.3 is 5.97 Å². The second-order valence-electron chi connectivity index (χ2n) is 8.83. The number of carbonyl (C=O) groups is 1. The van der Waals surface area contributed by atoms with E-state index >= 15 is 4.39 Å². The quantitative estimate of drug-likeness (QED) is 0.427. The third kappa shape index (κ3) is 3.63. The Labute approximate surface area is 197 Å². The molecule has 1 aliphatic heterocycles. The zero-order valence-corrected chi connectivity index (χ0v) is 18.8. The van der Waals surface area contributed by atoms with Crippen LogP contribution in [0.4, 0.5) is 13.2 Å². The van der Waals surface area contributed by atoms with Crippen molar-refractivity contribution in [2.24, 2.45) is 5.92 Å². The Morgan fingerprint density at radius 2 is 1.66 bits per heavy atom. The predicted octanol–water partition coefficient (Wildman–Crippen LogP) is 5.37. The molecule has 0 spiro atoms. The van der Waals surface area contributed by atoms with Crippen molar-refractivity contribution in [1.29, 1.82) is 0 Å². The average molecular weight is 479 g/mol. The zero-order chi connectivity index (χ0) is 25.0. The lowest BCUT2D eigenvalue weighted by molar-refractivity contribution is 0.0693. The van der Waals surface area contributed by atoms with Gasteiger partial charge in [-0.2, -0.15) is 5.10 Å². The van der Waals surface area contributed by atoms with E-state index in [1.165, 1.54) is 45.6 Å². The Balaban J connectivity index is 1.92. The molecule has 0 fully saturated rings. The molecule has 2 aromatic heterocycles.